The lowest BCUT2D eigenvalue weighted by atomic mass is 9.89. The Hall–Kier alpha value is -1.10. The second kappa shape index (κ2) is 3.98. The van der Waals surface area contributed by atoms with Crippen LogP contribution in [0.2, 0.25) is 0 Å². The van der Waals surface area contributed by atoms with Crippen molar-refractivity contribution < 1.29 is 14.7 Å². The molecule has 0 aromatic carbocycles. The van der Waals surface area contributed by atoms with Gasteiger partial charge in [0.25, 0.3) is 0 Å². The highest BCUT2D eigenvalue weighted by atomic mass is 16.4. The van der Waals surface area contributed by atoms with E-state index in [0.717, 1.165) is 12.8 Å². The molecule has 2 fully saturated rings. The largest absolute Gasteiger partial charge is 0.481 e. The minimum absolute atomic E-state index is 0.0104. The Morgan fingerprint density at radius 1 is 1.41 bits per heavy atom. The van der Waals surface area contributed by atoms with Crippen LogP contribution in [0.4, 0.5) is 0 Å². The highest BCUT2D eigenvalue weighted by Gasteiger charge is 2.53. The molecule has 0 aliphatic carbocycles. The van der Waals surface area contributed by atoms with Crippen LogP contribution in [0.3, 0.4) is 0 Å². The van der Waals surface area contributed by atoms with Gasteiger partial charge in [-0.05, 0) is 33.1 Å². The number of rotatable bonds is 3. The molecular formula is C12H20N2O3. The molecule has 2 rings (SSSR count). The third-order valence-corrected chi connectivity index (χ3v) is 4.18. The summed E-state index contributed by atoms with van der Waals surface area (Å²) in [6.07, 6.45) is 2.35. The third kappa shape index (κ3) is 1.82. The molecule has 2 aliphatic rings. The van der Waals surface area contributed by atoms with Gasteiger partial charge in [0.2, 0.25) is 5.91 Å². The zero-order chi connectivity index (χ0) is 12.8. The van der Waals surface area contributed by atoms with Gasteiger partial charge in [-0.25, -0.2) is 0 Å². The van der Waals surface area contributed by atoms with Crippen LogP contribution in [0.25, 0.3) is 0 Å². The maximum Gasteiger partial charge on any atom is 0.308 e. The van der Waals surface area contributed by atoms with Crippen LogP contribution in [0.1, 0.15) is 33.1 Å². The Morgan fingerprint density at radius 2 is 2.06 bits per heavy atom. The number of hydrogen-bond donors (Lipinski definition) is 2. The molecule has 17 heavy (non-hydrogen) atoms. The first-order valence-corrected chi connectivity index (χ1v) is 6.14. The molecule has 0 radical (unpaired) electrons. The van der Waals surface area contributed by atoms with Crippen molar-refractivity contribution in [2.75, 3.05) is 6.54 Å². The zero-order valence-electron chi connectivity index (χ0n) is 10.3. The molecule has 0 saturated carbocycles. The Balaban J connectivity index is 2.19. The summed E-state index contributed by atoms with van der Waals surface area (Å²) in [5.74, 6) is -1.15. The van der Waals surface area contributed by atoms with E-state index < -0.39 is 11.4 Å². The first kappa shape index (κ1) is 12.4. The van der Waals surface area contributed by atoms with Gasteiger partial charge in [-0.3, -0.25) is 9.59 Å². The fraction of sp³-hybridized carbons (Fsp3) is 0.833. The minimum atomic E-state index is -0.777. The van der Waals surface area contributed by atoms with E-state index >= 15 is 0 Å². The third-order valence-electron chi connectivity index (χ3n) is 4.18. The van der Waals surface area contributed by atoms with E-state index in [1.807, 2.05) is 13.8 Å². The van der Waals surface area contributed by atoms with Crippen LogP contribution in [0.15, 0.2) is 0 Å². The average molecular weight is 240 g/mol. The van der Waals surface area contributed by atoms with Crippen molar-refractivity contribution in [2.45, 2.75) is 45.2 Å². The lowest BCUT2D eigenvalue weighted by molar-refractivity contribution is -0.145. The summed E-state index contributed by atoms with van der Waals surface area (Å²) < 4.78 is 0. The summed E-state index contributed by atoms with van der Waals surface area (Å²) in [5, 5.41) is 9.13. The van der Waals surface area contributed by atoms with Gasteiger partial charge in [0.05, 0.1) is 11.3 Å². The second-order valence-corrected chi connectivity index (χ2v) is 5.78. The number of carbonyl (C=O) groups is 2. The molecule has 1 amide bonds. The number of aliphatic carboxylic acids is 1. The van der Waals surface area contributed by atoms with Crippen molar-refractivity contribution in [3.63, 3.8) is 0 Å². The first-order valence-electron chi connectivity index (χ1n) is 6.14. The predicted octanol–water partition coefficient (Wildman–Crippen LogP) is 0.435. The SMILES string of the molecule is CC(C)(CN)C(=O)N1C2CCC1C(C(=O)O)C2. The van der Waals surface area contributed by atoms with Gasteiger partial charge in [0, 0.05) is 18.6 Å². The van der Waals surface area contributed by atoms with E-state index in [0.29, 0.717) is 13.0 Å². The number of nitrogens with zero attached hydrogens (tertiary/aromatic N) is 1. The summed E-state index contributed by atoms with van der Waals surface area (Å²) in [6, 6.07) is -0.00440. The molecule has 0 aromatic heterocycles. The molecule has 3 unspecified atom stereocenters. The molecule has 96 valence electrons. The van der Waals surface area contributed by atoms with Crippen molar-refractivity contribution in [2.24, 2.45) is 17.1 Å². The highest BCUT2D eigenvalue weighted by Crippen LogP contribution is 2.43. The number of nitrogens with two attached hydrogens (primary N) is 1. The number of fused-ring (bicyclic) bond motifs is 2. The van der Waals surface area contributed by atoms with E-state index in [1.165, 1.54) is 0 Å². The average Bonchev–Trinajstić information content (AvgIpc) is 2.84. The summed E-state index contributed by atoms with van der Waals surface area (Å²) in [7, 11) is 0. The van der Waals surface area contributed by atoms with Crippen molar-refractivity contribution in [3.8, 4) is 0 Å². The minimum Gasteiger partial charge on any atom is -0.481 e. The Bertz CT molecular complexity index is 354. The van der Waals surface area contributed by atoms with Crippen LogP contribution >= 0.6 is 0 Å². The lowest BCUT2D eigenvalue weighted by Gasteiger charge is -2.31. The van der Waals surface area contributed by atoms with Gasteiger partial charge in [0.15, 0.2) is 0 Å². The summed E-state index contributed by atoms with van der Waals surface area (Å²) in [5.41, 5.74) is 5.03. The zero-order valence-corrected chi connectivity index (χ0v) is 10.3. The second-order valence-electron chi connectivity index (χ2n) is 5.78. The number of carbonyl (C=O) groups excluding carboxylic acids is 1. The number of hydrogen-bond acceptors (Lipinski definition) is 3. The Labute approximate surface area is 101 Å². The lowest BCUT2D eigenvalue weighted by Crippen LogP contribution is -2.47. The van der Waals surface area contributed by atoms with Crippen molar-refractivity contribution >= 4 is 11.9 Å². The molecule has 2 aliphatic heterocycles. The van der Waals surface area contributed by atoms with Crippen LogP contribution in [-0.2, 0) is 9.59 Å². The van der Waals surface area contributed by atoms with Crippen LogP contribution in [0, 0.1) is 11.3 Å². The Morgan fingerprint density at radius 3 is 2.53 bits per heavy atom. The molecule has 3 atom stereocenters. The topological polar surface area (TPSA) is 83.6 Å². The smallest absolute Gasteiger partial charge is 0.308 e. The van der Waals surface area contributed by atoms with Crippen LogP contribution in [0.5, 0.6) is 0 Å². The maximum absolute atomic E-state index is 12.4. The standard InChI is InChI=1S/C12H20N2O3/c1-12(2,6-13)11(17)14-7-3-4-9(14)8(5-7)10(15)16/h7-9H,3-6,13H2,1-2H3,(H,15,16). The molecule has 3 N–H and O–H groups in total. The van der Waals surface area contributed by atoms with Gasteiger partial charge in [-0.1, -0.05) is 0 Å². The molecule has 0 aromatic rings. The number of carboxylic acid groups (broad SMARTS) is 1. The summed E-state index contributed by atoms with van der Waals surface area (Å²) in [4.78, 5) is 25.3. The van der Waals surface area contributed by atoms with Gasteiger partial charge in [-0.2, -0.15) is 0 Å². The van der Waals surface area contributed by atoms with E-state index in [2.05, 4.69) is 0 Å². The number of amides is 1. The van der Waals surface area contributed by atoms with Gasteiger partial charge < -0.3 is 15.7 Å². The van der Waals surface area contributed by atoms with Gasteiger partial charge in [-0.15, -0.1) is 0 Å². The first-order chi connectivity index (χ1) is 7.88. The Kier molecular flexibility index (Phi) is 2.89. The van der Waals surface area contributed by atoms with Crippen LogP contribution in [-0.4, -0.2) is 40.5 Å². The monoisotopic (exact) mass is 240 g/mol. The van der Waals surface area contributed by atoms with E-state index in [4.69, 9.17) is 10.8 Å². The molecule has 2 heterocycles. The summed E-state index contributed by atoms with van der Waals surface area (Å²) >= 11 is 0. The van der Waals surface area contributed by atoms with Crippen molar-refractivity contribution in [1.82, 2.24) is 4.90 Å². The van der Waals surface area contributed by atoms with E-state index in [9.17, 15) is 9.59 Å². The normalized spacial score (nSPS) is 31.9. The maximum atomic E-state index is 12.4. The molecular weight excluding hydrogens is 220 g/mol. The molecule has 2 saturated heterocycles. The van der Waals surface area contributed by atoms with Crippen molar-refractivity contribution in [3.05, 3.63) is 0 Å². The fourth-order valence-electron chi connectivity index (χ4n) is 3.01. The van der Waals surface area contributed by atoms with Crippen molar-refractivity contribution in [1.29, 1.82) is 0 Å². The predicted molar refractivity (Wildman–Crippen MR) is 62.2 cm³/mol. The van der Waals surface area contributed by atoms with E-state index in [1.54, 1.807) is 4.90 Å². The number of carboxylic acids is 1. The van der Waals surface area contributed by atoms with E-state index in [-0.39, 0.29) is 23.9 Å². The molecule has 0 spiro atoms. The quantitative estimate of drug-likeness (QED) is 0.749. The molecule has 5 nitrogen and oxygen atoms in total. The highest BCUT2D eigenvalue weighted by molar-refractivity contribution is 5.85. The molecule has 2 bridgehead atoms. The molecule has 5 heteroatoms. The van der Waals surface area contributed by atoms with Gasteiger partial charge in [0.1, 0.15) is 0 Å². The fourth-order valence-corrected chi connectivity index (χ4v) is 3.01. The summed E-state index contributed by atoms with van der Waals surface area (Å²) in [6.45, 7) is 3.94. The van der Waals surface area contributed by atoms with Gasteiger partial charge >= 0.3 is 5.97 Å². The van der Waals surface area contributed by atoms with Crippen LogP contribution < -0.4 is 5.73 Å².